The summed E-state index contributed by atoms with van der Waals surface area (Å²) in [6, 6.07) is 8.60. The van der Waals surface area contributed by atoms with Crippen molar-refractivity contribution in [3.05, 3.63) is 109 Å². The number of benzene rings is 1. The average Bonchev–Trinajstić information content (AvgIpc) is 3.56. The molecule has 0 radical (unpaired) electrons. The van der Waals surface area contributed by atoms with Gasteiger partial charge in [-0.2, -0.15) is 0 Å². The summed E-state index contributed by atoms with van der Waals surface area (Å²) in [7, 11) is 12.5. The molecule has 36 heavy (non-hydrogen) atoms. The summed E-state index contributed by atoms with van der Waals surface area (Å²) in [6.07, 6.45) is 18.6. The first-order valence-electron chi connectivity index (χ1n) is 12.1. The van der Waals surface area contributed by atoms with Crippen molar-refractivity contribution < 1.29 is 65.9 Å². The Morgan fingerprint density at radius 3 is 1.72 bits per heavy atom. The fraction of sp³-hybridized carbons (Fsp3) is 0.333. The Balaban J connectivity index is 0.000000268. The van der Waals surface area contributed by atoms with Crippen LogP contribution in [0.25, 0.3) is 6.08 Å². The summed E-state index contributed by atoms with van der Waals surface area (Å²) in [5.41, 5.74) is 12.0. The van der Waals surface area contributed by atoms with Crippen molar-refractivity contribution in [2.45, 2.75) is 59.8 Å². The standard InChI is InChI=1S/C14H18.C9H7.C5H5.2CH3.4ClH.2Zr/c1-9-5-7-13(11(9)3)14-8-6-10(2)12(14)4;1-2-5-9-7-3-6-8(9)4-1;1-2-4-5-3-1;;;;;;;;/h5-6H,7-8H2,1-4H3;1-7H;1-3H,4H2;2*1H3;4*1H;;/q;;;;;;;;;2*+2/p-4. The Morgan fingerprint density at radius 2 is 1.36 bits per heavy atom. The molecule has 0 spiro atoms. The van der Waals surface area contributed by atoms with Crippen molar-refractivity contribution in [3.8, 4) is 0 Å². The number of hydrogen-bond acceptors (Lipinski definition) is 0. The van der Waals surface area contributed by atoms with E-state index in [0.717, 1.165) is 19.3 Å². The number of fused-ring (bicyclic) bond motifs is 1. The molecule has 1 unspecified atom stereocenters. The van der Waals surface area contributed by atoms with E-state index in [-0.39, 0.29) is 24.8 Å². The molecule has 0 N–H and O–H groups in total. The van der Waals surface area contributed by atoms with Gasteiger partial charge in [0.1, 0.15) is 0 Å². The molecule has 0 fully saturated rings. The number of allylic oxidation sites excluding steroid dienone is 13. The topological polar surface area (TPSA) is 0 Å². The molecule has 0 saturated heterocycles. The predicted octanol–water partition coefficient (Wildman–Crippen LogP) is 4.55. The third-order valence-corrected chi connectivity index (χ3v) is 16.5. The molecule has 0 bridgehead atoms. The van der Waals surface area contributed by atoms with Crippen molar-refractivity contribution >= 4 is 23.1 Å². The predicted molar refractivity (Wildman–Crippen MR) is 146 cm³/mol. The van der Waals surface area contributed by atoms with Gasteiger partial charge in [-0.1, -0.05) is 23.3 Å². The molecule has 6 heteroatoms. The van der Waals surface area contributed by atoms with Gasteiger partial charge >= 0.3 is 147 Å². The molecule has 0 aliphatic heterocycles. The first-order chi connectivity index (χ1) is 15.8. The second-order valence-electron chi connectivity index (χ2n) is 10.2. The molecule has 192 valence electrons. The van der Waals surface area contributed by atoms with Crippen molar-refractivity contribution in [1.29, 1.82) is 0 Å². The third-order valence-electron chi connectivity index (χ3n) is 7.13. The Morgan fingerprint density at radius 1 is 0.833 bits per heavy atom. The summed E-state index contributed by atoms with van der Waals surface area (Å²) in [6.45, 7) is 8.94. The van der Waals surface area contributed by atoms with Crippen LogP contribution < -0.4 is 24.8 Å². The van der Waals surface area contributed by atoms with E-state index in [4.69, 9.17) is 17.0 Å². The van der Waals surface area contributed by atoms with Crippen LogP contribution in [0.2, 0.25) is 9.26 Å². The van der Waals surface area contributed by atoms with Crippen LogP contribution in [0.4, 0.5) is 0 Å². The van der Waals surface area contributed by atoms with E-state index < -0.39 is 16.4 Å². The van der Waals surface area contributed by atoms with Gasteiger partial charge in [-0.25, -0.2) is 0 Å². The van der Waals surface area contributed by atoms with Crippen molar-refractivity contribution in [2.75, 3.05) is 0 Å². The van der Waals surface area contributed by atoms with Crippen molar-refractivity contribution in [1.82, 2.24) is 0 Å². The zero-order valence-corrected chi connectivity index (χ0v) is 30.0. The van der Waals surface area contributed by atoms with E-state index in [0.29, 0.717) is 3.63 Å². The van der Waals surface area contributed by atoms with Gasteiger partial charge in [0.05, 0.1) is 0 Å². The monoisotopic (exact) mass is 716 g/mol. The van der Waals surface area contributed by atoms with Crippen LogP contribution in [-0.2, 0) is 41.1 Å². The van der Waals surface area contributed by atoms with Gasteiger partial charge in [0.2, 0.25) is 0 Å². The van der Waals surface area contributed by atoms with Gasteiger partial charge in [0, 0.05) is 0 Å². The van der Waals surface area contributed by atoms with Crippen molar-refractivity contribution in [2.24, 2.45) is 0 Å². The Labute approximate surface area is 254 Å². The zero-order chi connectivity index (χ0) is 25.1. The van der Waals surface area contributed by atoms with Crippen molar-refractivity contribution in [3.63, 3.8) is 0 Å². The maximum absolute atomic E-state index is 6.26. The molecule has 4 aliphatic rings. The number of halogens is 4. The van der Waals surface area contributed by atoms with Crippen LogP contribution >= 0.6 is 17.0 Å². The van der Waals surface area contributed by atoms with E-state index in [2.05, 4.69) is 88.4 Å². The minimum absolute atomic E-state index is 0. The van der Waals surface area contributed by atoms with Gasteiger partial charge in [0.25, 0.3) is 0 Å². The molecule has 4 aliphatic carbocycles. The van der Waals surface area contributed by atoms with Crippen LogP contribution in [0, 0.1) is 0 Å². The molecule has 0 heterocycles. The van der Waals surface area contributed by atoms with Gasteiger partial charge in [-0.3, -0.25) is 0 Å². The van der Waals surface area contributed by atoms with Crippen LogP contribution in [0.3, 0.4) is 0 Å². The van der Waals surface area contributed by atoms with Gasteiger partial charge in [-0.05, 0) is 62.8 Å². The molecule has 0 amide bonds. The normalized spacial score (nSPS) is 20.6. The Kier molecular flexibility index (Phi) is 13.5. The summed E-state index contributed by atoms with van der Waals surface area (Å²) < 4.78 is 6.01. The summed E-state index contributed by atoms with van der Waals surface area (Å²) in [5, 5.41) is 0. The second-order valence-corrected chi connectivity index (χ2v) is 37.8. The fourth-order valence-electron chi connectivity index (χ4n) is 4.51. The molecule has 1 aromatic rings. The molecular formula is C30H36Cl4Zr2. The third kappa shape index (κ3) is 8.93. The fourth-order valence-corrected chi connectivity index (χ4v) is 10.1. The molecule has 0 saturated carbocycles. The first-order valence-corrected chi connectivity index (χ1v) is 26.0. The zero-order valence-electron chi connectivity index (χ0n) is 22.1. The van der Waals surface area contributed by atoms with E-state index in [1.807, 2.05) is 15.3 Å². The molecule has 1 aromatic carbocycles. The SMILES string of the molecule is CC1=CCC(C2=C(C)C(C)=CC2)=C1C.[CH3][Zr]([CH3])([Cl])([Cl])[C]1=CC=CC1.[Cl-].[Cl-].[Zr+2][CH]1C=Cc2ccccc21. The Hall–Kier alpha value is 0.326. The molecule has 5 rings (SSSR count). The Bertz CT molecular complexity index is 1140. The summed E-state index contributed by atoms with van der Waals surface area (Å²) in [5.74, 6) is 0. The average molecular weight is 721 g/mol. The maximum atomic E-state index is 6.26. The number of hydrogen-bond donors (Lipinski definition) is 0. The number of rotatable bonds is 2. The minimum atomic E-state index is -3.26. The molecule has 1 atom stereocenters. The van der Waals surface area contributed by atoms with Crippen LogP contribution in [0.5, 0.6) is 0 Å². The van der Waals surface area contributed by atoms with Gasteiger partial charge in [0.15, 0.2) is 0 Å². The van der Waals surface area contributed by atoms with Gasteiger partial charge < -0.3 is 24.8 Å². The van der Waals surface area contributed by atoms with E-state index in [9.17, 15) is 0 Å². The van der Waals surface area contributed by atoms with Crippen LogP contribution in [0.15, 0.2) is 97.4 Å². The molecule has 0 nitrogen and oxygen atoms in total. The first kappa shape index (κ1) is 34.4. The van der Waals surface area contributed by atoms with Gasteiger partial charge in [-0.15, -0.1) is 0 Å². The van der Waals surface area contributed by atoms with Crippen LogP contribution in [-0.4, -0.2) is 0 Å². The summed E-state index contributed by atoms with van der Waals surface area (Å²) >= 11 is -1.67. The molecule has 0 aromatic heterocycles. The van der Waals surface area contributed by atoms with E-state index in [1.165, 1.54) is 36.7 Å². The van der Waals surface area contributed by atoms with E-state index in [1.54, 1.807) is 35.9 Å². The van der Waals surface area contributed by atoms with E-state index >= 15 is 0 Å². The van der Waals surface area contributed by atoms with Crippen LogP contribution in [0.1, 0.15) is 61.7 Å². The molecular weight excluding hydrogens is 685 g/mol. The summed E-state index contributed by atoms with van der Waals surface area (Å²) in [4.78, 5) is 0. The second kappa shape index (κ2) is 14.1. The quantitative estimate of drug-likeness (QED) is 0.421.